The number of ether oxygens (including phenoxy) is 2. The van der Waals surface area contributed by atoms with Crippen molar-refractivity contribution >= 4 is 55.9 Å². The summed E-state index contributed by atoms with van der Waals surface area (Å²) in [5.74, 6) is -2.44. The summed E-state index contributed by atoms with van der Waals surface area (Å²) in [7, 11) is 0. The summed E-state index contributed by atoms with van der Waals surface area (Å²) in [4.78, 5) is 33.7. The number of anilines is 2. The van der Waals surface area contributed by atoms with Gasteiger partial charge in [-0.25, -0.2) is 14.4 Å². The molecule has 1 saturated carbocycles. The lowest BCUT2D eigenvalue weighted by atomic mass is 10.2. The second-order valence-electron chi connectivity index (χ2n) is 8.15. The Hall–Kier alpha value is -3.97. The molecule has 0 bridgehead atoms. The summed E-state index contributed by atoms with van der Waals surface area (Å²) in [6.07, 6.45) is -3.23. The van der Waals surface area contributed by atoms with Gasteiger partial charge in [0.2, 0.25) is 11.8 Å². The van der Waals surface area contributed by atoms with Crippen molar-refractivity contribution < 1.29 is 36.6 Å². The second-order valence-corrected chi connectivity index (χ2v) is 9.54. The highest BCUT2D eigenvalue weighted by molar-refractivity contribution is 7.21. The molecule has 0 atom stereocenters. The molecule has 0 aliphatic heterocycles. The molecule has 38 heavy (non-hydrogen) atoms. The molecule has 1 aliphatic carbocycles. The number of thiazole rings is 1. The van der Waals surface area contributed by atoms with Crippen molar-refractivity contribution in [3.8, 4) is 17.4 Å². The Kier molecular flexibility index (Phi) is 6.80. The minimum absolute atomic E-state index is 0.0151. The first-order valence-corrected chi connectivity index (χ1v) is 12.2. The van der Waals surface area contributed by atoms with Gasteiger partial charge in [-0.15, -0.1) is 13.2 Å². The number of nitrogens with zero attached hydrogens (tertiary/aromatic N) is 2. The van der Waals surface area contributed by atoms with E-state index in [9.17, 15) is 27.2 Å². The van der Waals surface area contributed by atoms with Crippen molar-refractivity contribution in [3.63, 3.8) is 0 Å². The van der Waals surface area contributed by atoms with Gasteiger partial charge < -0.3 is 20.1 Å². The number of rotatable bonds is 7. The average Bonchev–Trinajstić information content (AvgIpc) is 3.62. The summed E-state index contributed by atoms with van der Waals surface area (Å²) in [6, 6.07) is 9.46. The van der Waals surface area contributed by atoms with Crippen LogP contribution in [0.5, 0.6) is 17.4 Å². The van der Waals surface area contributed by atoms with Gasteiger partial charge in [-0.3, -0.25) is 9.59 Å². The van der Waals surface area contributed by atoms with Gasteiger partial charge in [-0.1, -0.05) is 29.0 Å². The summed E-state index contributed by atoms with van der Waals surface area (Å²) < 4.78 is 61.5. The van der Waals surface area contributed by atoms with Crippen LogP contribution in [0.4, 0.5) is 28.4 Å². The SMILES string of the molecule is O=C(Nc1cc(Oc2ccc3nc(NC(=O)C4CC4)sc3n2)c(Cl)cc1F)c1cccc(OC(F)(F)F)c1. The second kappa shape index (κ2) is 10.1. The van der Waals surface area contributed by atoms with Crippen molar-refractivity contribution in [2.75, 3.05) is 10.6 Å². The predicted octanol–water partition coefficient (Wildman–Crippen LogP) is 6.78. The standard InChI is InChI=1S/C24H15ClF4N4O4S/c25-14-9-15(26)17(30-21(35)12-2-1-3-13(8-12)37-24(27,28)29)10-18(14)36-19-7-6-16-22(32-19)38-23(31-16)33-20(34)11-4-5-11/h1-3,6-11H,4-5H2,(H,30,35)(H,31,33,34). The van der Waals surface area contributed by atoms with Gasteiger partial charge in [0, 0.05) is 23.6 Å². The first-order valence-electron chi connectivity index (χ1n) is 11.0. The maximum atomic E-state index is 14.5. The van der Waals surface area contributed by atoms with E-state index >= 15 is 0 Å². The number of pyridine rings is 1. The molecular formula is C24H15ClF4N4O4S. The lowest BCUT2D eigenvalue weighted by Crippen LogP contribution is -2.18. The highest BCUT2D eigenvalue weighted by atomic mass is 35.5. The largest absolute Gasteiger partial charge is 0.573 e. The monoisotopic (exact) mass is 566 g/mol. The number of carbonyl (C=O) groups is 2. The summed E-state index contributed by atoms with van der Waals surface area (Å²) >= 11 is 7.27. The van der Waals surface area contributed by atoms with Crippen LogP contribution in [0.15, 0.2) is 48.5 Å². The molecule has 0 spiro atoms. The minimum atomic E-state index is -4.94. The van der Waals surface area contributed by atoms with Crippen molar-refractivity contribution in [2.45, 2.75) is 19.2 Å². The third-order valence-corrected chi connectivity index (χ3v) is 6.40. The van der Waals surface area contributed by atoms with Crippen LogP contribution in [-0.2, 0) is 4.79 Å². The van der Waals surface area contributed by atoms with E-state index < -0.39 is 23.8 Å². The molecular weight excluding hydrogens is 552 g/mol. The van der Waals surface area contributed by atoms with Crippen LogP contribution in [0.1, 0.15) is 23.2 Å². The van der Waals surface area contributed by atoms with Gasteiger partial charge in [-0.2, -0.15) is 0 Å². The zero-order valence-electron chi connectivity index (χ0n) is 18.9. The quantitative estimate of drug-likeness (QED) is 0.239. The Bertz CT molecular complexity index is 1560. The Labute approximate surface area is 220 Å². The van der Waals surface area contributed by atoms with Gasteiger partial charge in [-0.05, 0) is 43.2 Å². The van der Waals surface area contributed by atoms with Crippen LogP contribution in [-0.4, -0.2) is 28.1 Å². The smallest absolute Gasteiger partial charge is 0.437 e. The predicted molar refractivity (Wildman–Crippen MR) is 131 cm³/mol. The molecule has 1 aliphatic rings. The lowest BCUT2D eigenvalue weighted by molar-refractivity contribution is -0.274. The first-order chi connectivity index (χ1) is 18.0. The maximum Gasteiger partial charge on any atom is 0.573 e. The van der Waals surface area contributed by atoms with Crippen LogP contribution >= 0.6 is 22.9 Å². The van der Waals surface area contributed by atoms with Crippen molar-refractivity contribution in [1.29, 1.82) is 0 Å². The van der Waals surface area contributed by atoms with E-state index in [1.54, 1.807) is 6.07 Å². The van der Waals surface area contributed by atoms with E-state index in [1.165, 1.54) is 18.2 Å². The number of halogens is 5. The van der Waals surface area contributed by atoms with Gasteiger partial charge >= 0.3 is 6.36 Å². The van der Waals surface area contributed by atoms with Gasteiger partial charge in [0.1, 0.15) is 27.7 Å². The first kappa shape index (κ1) is 25.7. The molecule has 1 fully saturated rings. The number of aromatic nitrogens is 2. The molecule has 2 heterocycles. The van der Waals surface area contributed by atoms with Crippen LogP contribution in [0.25, 0.3) is 10.3 Å². The molecule has 14 heteroatoms. The normalized spacial score (nSPS) is 13.3. The number of carbonyl (C=O) groups excluding carboxylic acids is 2. The maximum absolute atomic E-state index is 14.5. The van der Waals surface area contributed by atoms with Crippen LogP contribution in [0.3, 0.4) is 0 Å². The van der Waals surface area contributed by atoms with E-state index in [2.05, 4.69) is 25.3 Å². The summed E-state index contributed by atoms with van der Waals surface area (Å²) in [5, 5.41) is 5.31. The van der Waals surface area contributed by atoms with Gasteiger partial charge in [0.15, 0.2) is 5.13 Å². The molecule has 0 unspecified atom stereocenters. The molecule has 2 amide bonds. The fourth-order valence-electron chi connectivity index (χ4n) is 3.31. The molecule has 0 radical (unpaired) electrons. The van der Waals surface area contributed by atoms with E-state index in [1.807, 2.05) is 0 Å². The van der Waals surface area contributed by atoms with Crippen LogP contribution in [0, 0.1) is 11.7 Å². The Morgan fingerprint density at radius 2 is 1.84 bits per heavy atom. The van der Waals surface area contributed by atoms with Crippen molar-refractivity contribution in [1.82, 2.24) is 9.97 Å². The zero-order chi connectivity index (χ0) is 27.0. The summed E-state index contributed by atoms with van der Waals surface area (Å²) in [6.45, 7) is 0. The van der Waals surface area contributed by atoms with Gasteiger partial charge in [0.05, 0.1) is 10.7 Å². The summed E-state index contributed by atoms with van der Waals surface area (Å²) in [5.41, 5.74) is -0.00529. The van der Waals surface area contributed by atoms with E-state index in [4.69, 9.17) is 16.3 Å². The molecule has 4 aromatic rings. The van der Waals surface area contributed by atoms with Crippen LogP contribution < -0.4 is 20.1 Å². The molecule has 2 N–H and O–H groups in total. The minimum Gasteiger partial charge on any atom is -0.437 e. The highest BCUT2D eigenvalue weighted by Crippen LogP contribution is 2.36. The number of fused-ring (bicyclic) bond motifs is 1. The molecule has 0 saturated heterocycles. The Morgan fingerprint density at radius 3 is 2.58 bits per heavy atom. The fourth-order valence-corrected chi connectivity index (χ4v) is 4.33. The van der Waals surface area contributed by atoms with Crippen molar-refractivity contribution in [3.05, 3.63) is 64.9 Å². The number of nitrogens with one attached hydrogen (secondary N) is 2. The third-order valence-electron chi connectivity index (χ3n) is 5.22. The topological polar surface area (TPSA) is 102 Å². The Morgan fingerprint density at radius 1 is 1.05 bits per heavy atom. The van der Waals surface area contributed by atoms with E-state index in [-0.39, 0.29) is 39.7 Å². The Balaban J connectivity index is 1.33. The highest BCUT2D eigenvalue weighted by Gasteiger charge is 2.31. The zero-order valence-corrected chi connectivity index (χ0v) is 20.5. The number of hydrogen-bond donors (Lipinski definition) is 2. The molecule has 2 aromatic heterocycles. The van der Waals surface area contributed by atoms with Crippen LogP contribution in [0.2, 0.25) is 5.02 Å². The number of amides is 2. The molecule has 5 rings (SSSR count). The third kappa shape index (κ3) is 6.11. The fraction of sp³-hybridized carbons (Fsp3) is 0.167. The number of alkyl halides is 3. The number of hydrogen-bond acceptors (Lipinski definition) is 7. The van der Waals surface area contributed by atoms with Crippen molar-refractivity contribution in [2.24, 2.45) is 5.92 Å². The average molecular weight is 567 g/mol. The lowest BCUT2D eigenvalue weighted by Gasteiger charge is -2.12. The number of benzene rings is 2. The van der Waals surface area contributed by atoms with E-state index in [0.29, 0.717) is 15.5 Å². The van der Waals surface area contributed by atoms with E-state index in [0.717, 1.165) is 48.4 Å². The molecule has 8 nitrogen and oxygen atoms in total. The van der Waals surface area contributed by atoms with Gasteiger partial charge in [0.25, 0.3) is 5.91 Å². The molecule has 196 valence electrons. The molecule has 2 aromatic carbocycles.